The highest BCUT2D eigenvalue weighted by Gasteiger charge is 2.15. The Kier molecular flexibility index (Phi) is 6.68. The van der Waals surface area contributed by atoms with Crippen molar-refractivity contribution in [1.82, 2.24) is 19.5 Å². The second-order valence-corrected chi connectivity index (χ2v) is 8.21. The number of anilines is 1. The van der Waals surface area contributed by atoms with Crippen LogP contribution in [-0.4, -0.2) is 26.6 Å². The molecule has 7 heteroatoms. The van der Waals surface area contributed by atoms with Crippen molar-refractivity contribution in [2.75, 3.05) is 12.4 Å². The number of rotatable bonds is 8. The van der Waals surface area contributed by atoms with Gasteiger partial charge in [0.2, 0.25) is 0 Å². The largest absolute Gasteiger partial charge is 0.497 e. The van der Waals surface area contributed by atoms with E-state index in [2.05, 4.69) is 38.1 Å². The first-order valence-corrected chi connectivity index (χ1v) is 11.5. The lowest BCUT2D eigenvalue weighted by molar-refractivity contribution is 0.414. The van der Waals surface area contributed by atoms with Crippen LogP contribution in [-0.2, 0) is 13.1 Å². The predicted octanol–water partition coefficient (Wildman–Crippen LogP) is 5.54. The van der Waals surface area contributed by atoms with Crippen LogP contribution in [0.5, 0.6) is 5.75 Å². The second-order valence-electron chi connectivity index (χ2n) is 8.21. The van der Waals surface area contributed by atoms with Crippen molar-refractivity contribution in [2.45, 2.75) is 13.1 Å². The fraction of sp³-hybridized carbons (Fsp3) is 0.103. The second kappa shape index (κ2) is 10.5. The lowest BCUT2D eigenvalue weighted by atomic mass is 10.1. The Morgan fingerprint density at radius 1 is 0.917 bits per heavy atom. The monoisotopic (exact) mass is 472 g/mol. The van der Waals surface area contributed by atoms with E-state index in [0.29, 0.717) is 30.0 Å². The molecule has 1 N–H and O–H groups in total. The van der Waals surface area contributed by atoms with E-state index >= 15 is 0 Å². The molecule has 0 bridgehead atoms. The lowest BCUT2D eigenvalue weighted by Crippen LogP contribution is -2.05. The van der Waals surface area contributed by atoms with E-state index in [1.54, 1.807) is 25.6 Å². The number of methoxy groups -OCH3 is 1. The summed E-state index contributed by atoms with van der Waals surface area (Å²) < 4.78 is 7.33. The zero-order chi connectivity index (χ0) is 24.7. The van der Waals surface area contributed by atoms with E-state index in [9.17, 15) is 0 Å². The SMILES string of the molecule is COc1ccc(CNc2ncnc3c2nc(/C=C/c2ccc(C#N)cc2)n3Cc2ccccc2)cc1. The summed E-state index contributed by atoms with van der Waals surface area (Å²) in [6.45, 7) is 1.22. The Labute approximate surface area is 209 Å². The van der Waals surface area contributed by atoms with E-state index < -0.39 is 0 Å². The van der Waals surface area contributed by atoms with E-state index in [1.807, 2.05) is 66.7 Å². The number of fused-ring (bicyclic) bond motifs is 1. The molecular formula is C29H24N6O. The molecule has 176 valence electrons. The molecule has 0 amide bonds. The highest BCUT2D eigenvalue weighted by atomic mass is 16.5. The number of aromatic nitrogens is 4. The normalized spacial score (nSPS) is 11.0. The average Bonchev–Trinajstić information content (AvgIpc) is 3.29. The molecule has 2 aromatic heterocycles. The summed E-state index contributed by atoms with van der Waals surface area (Å²) in [5, 5.41) is 12.5. The summed E-state index contributed by atoms with van der Waals surface area (Å²) in [5.74, 6) is 2.27. The number of hydrogen-bond donors (Lipinski definition) is 1. The first-order valence-electron chi connectivity index (χ1n) is 11.5. The molecule has 5 rings (SSSR count). The summed E-state index contributed by atoms with van der Waals surface area (Å²) >= 11 is 0. The van der Waals surface area contributed by atoms with Crippen molar-refractivity contribution in [1.29, 1.82) is 5.26 Å². The molecule has 0 aliphatic rings. The maximum Gasteiger partial charge on any atom is 0.166 e. The van der Waals surface area contributed by atoms with E-state index in [-0.39, 0.29) is 0 Å². The van der Waals surface area contributed by atoms with Crippen molar-refractivity contribution in [3.63, 3.8) is 0 Å². The summed E-state index contributed by atoms with van der Waals surface area (Å²) in [5.41, 5.74) is 5.33. The summed E-state index contributed by atoms with van der Waals surface area (Å²) in [4.78, 5) is 14.0. The van der Waals surface area contributed by atoms with Crippen molar-refractivity contribution >= 4 is 29.1 Å². The van der Waals surface area contributed by atoms with Crippen LogP contribution in [0.4, 0.5) is 5.82 Å². The highest BCUT2D eigenvalue weighted by molar-refractivity contribution is 5.85. The Hall–Kier alpha value is -4.96. The Bertz CT molecular complexity index is 1530. The minimum atomic E-state index is 0.595. The van der Waals surface area contributed by atoms with Gasteiger partial charge in [0.25, 0.3) is 0 Å². The Morgan fingerprint density at radius 2 is 1.69 bits per heavy atom. The predicted molar refractivity (Wildman–Crippen MR) is 141 cm³/mol. The number of hydrogen-bond acceptors (Lipinski definition) is 6. The van der Waals surface area contributed by atoms with Gasteiger partial charge in [0, 0.05) is 6.54 Å². The average molecular weight is 473 g/mol. The molecule has 36 heavy (non-hydrogen) atoms. The zero-order valence-corrected chi connectivity index (χ0v) is 19.8. The molecule has 0 aliphatic heterocycles. The Morgan fingerprint density at radius 3 is 2.42 bits per heavy atom. The van der Waals surface area contributed by atoms with Crippen LogP contribution in [0, 0.1) is 11.3 Å². The topological polar surface area (TPSA) is 88.7 Å². The number of imidazole rings is 1. The lowest BCUT2D eigenvalue weighted by Gasteiger charge is -2.08. The van der Waals surface area contributed by atoms with Gasteiger partial charge in [-0.2, -0.15) is 5.26 Å². The van der Waals surface area contributed by atoms with Crippen LogP contribution in [0.3, 0.4) is 0 Å². The number of nitriles is 1. The zero-order valence-electron chi connectivity index (χ0n) is 19.8. The van der Waals surface area contributed by atoms with Crippen LogP contribution in [0.25, 0.3) is 23.3 Å². The fourth-order valence-electron chi connectivity index (χ4n) is 3.90. The molecule has 0 aliphatic carbocycles. The fourth-order valence-corrected chi connectivity index (χ4v) is 3.90. The minimum Gasteiger partial charge on any atom is -0.497 e. The minimum absolute atomic E-state index is 0.595. The standard InChI is InChI=1S/C29H24N6O/c1-36-25-14-11-23(12-15-25)18-31-28-27-29(33-20-32-28)35(19-24-5-3-2-4-6-24)26(34-27)16-13-21-7-9-22(17-30)10-8-21/h2-16,20H,18-19H2,1H3,(H,31,32,33)/b16-13+. The first-order chi connectivity index (χ1) is 17.7. The Balaban J connectivity index is 1.49. The maximum atomic E-state index is 9.05. The van der Waals surface area contributed by atoms with Gasteiger partial charge in [-0.25, -0.2) is 15.0 Å². The van der Waals surface area contributed by atoms with Gasteiger partial charge in [0.15, 0.2) is 17.0 Å². The van der Waals surface area contributed by atoms with Gasteiger partial charge in [-0.15, -0.1) is 0 Å². The van der Waals surface area contributed by atoms with E-state index in [4.69, 9.17) is 15.0 Å². The number of ether oxygens (including phenoxy) is 1. The molecule has 0 atom stereocenters. The van der Waals surface area contributed by atoms with Crippen molar-refractivity contribution in [2.24, 2.45) is 0 Å². The van der Waals surface area contributed by atoms with Crippen LogP contribution in [0.1, 0.15) is 28.1 Å². The molecule has 0 unspecified atom stereocenters. The van der Waals surface area contributed by atoms with Crippen LogP contribution in [0.2, 0.25) is 0 Å². The molecule has 0 spiro atoms. The quantitative estimate of drug-likeness (QED) is 0.319. The summed E-state index contributed by atoms with van der Waals surface area (Å²) in [7, 11) is 1.66. The van der Waals surface area contributed by atoms with Gasteiger partial charge in [0.05, 0.1) is 25.3 Å². The molecule has 0 radical (unpaired) electrons. The van der Waals surface area contributed by atoms with Gasteiger partial charge in [0.1, 0.15) is 17.9 Å². The van der Waals surface area contributed by atoms with Crippen molar-refractivity contribution in [3.05, 3.63) is 113 Å². The first kappa shape index (κ1) is 22.8. The molecule has 0 saturated heterocycles. The van der Waals surface area contributed by atoms with Gasteiger partial charge >= 0.3 is 0 Å². The van der Waals surface area contributed by atoms with Gasteiger partial charge in [-0.3, -0.25) is 0 Å². The van der Waals surface area contributed by atoms with E-state index in [0.717, 1.165) is 33.9 Å². The summed E-state index contributed by atoms with van der Waals surface area (Å²) in [6.07, 6.45) is 5.52. The number of nitrogens with zero attached hydrogens (tertiary/aromatic N) is 5. The molecule has 5 aromatic rings. The summed E-state index contributed by atoms with van der Waals surface area (Å²) in [6, 6.07) is 27.7. The third-order valence-electron chi connectivity index (χ3n) is 5.83. The van der Waals surface area contributed by atoms with Gasteiger partial charge in [-0.05, 0) is 47.0 Å². The van der Waals surface area contributed by atoms with E-state index in [1.165, 1.54) is 0 Å². The molecule has 7 nitrogen and oxygen atoms in total. The third kappa shape index (κ3) is 5.08. The molecule has 0 saturated carbocycles. The van der Waals surface area contributed by atoms with Crippen molar-refractivity contribution in [3.8, 4) is 11.8 Å². The van der Waals surface area contributed by atoms with Crippen LogP contribution < -0.4 is 10.1 Å². The number of nitrogens with one attached hydrogen (secondary N) is 1. The third-order valence-corrected chi connectivity index (χ3v) is 5.83. The molecule has 3 aromatic carbocycles. The molecular weight excluding hydrogens is 448 g/mol. The van der Waals surface area contributed by atoms with Gasteiger partial charge < -0.3 is 14.6 Å². The number of benzene rings is 3. The smallest absolute Gasteiger partial charge is 0.166 e. The van der Waals surface area contributed by atoms with Crippen molar-refractivity contribution < 1.29 is 4.74 Å². The molecule has 0 fully saturated rings. The van der Waals surface area contributed by atoms with Crippen LogP contribution >= 0.6 is 0 Å². The van der Waals surface area contributed by atoms with Gasteiger partial charge in [-0.1, -0.05) is 60.7 Å². The maximum absolute atomic E-state index is 9.05. The highest BCUT2D eigenvalue weighted by Crippen LogP contribution is 2.24. The van der Waals surface area contributed by atoms with Crippen LogP contribution in [0.15, 0.2) is 85.2 Å². The molecule has 2 heterocycles.